The van der Waals surface area contributed by atoms with Gasteiger partial charge in [-0.1, -0.05) is 5.16 Å². The van der Waals surface area contributed by atoms with Gasteiger partial charge in [-0.05, 0) is 6.92 Å². The quantitative estimate of drug-likeness (QED) is 0.531. The van der Waals surface area contributed by atoms with Crippen LogP contribution in [0.5, 0.6) is 0 Å². The fourth-order valence-electron chi connectivity index (χ4n) is 4.20. The van der Waals surface area contributed by atoms with E-state index in [2.05, 4.69) is 20.5 Å². The van der Waals surface area contributed by atoms with Crippen LogP contribution < -0.4 is 20.4 Å². The van der Waals surface area contributed by atoms with Crippen molar-refractivity contribution >= 4 is 35.4 Å². The Hall–Kier alpha value is -4.43. The van der Waals surface area contributed by atoms with E-state index in [4.69, 9.17) is 9.26 Å². The predicted octanol–water partition coefficient (Wildman–Crippen LogP) is 1.10. The number of hydrogen-bond acceptors (Lipinski definition) is 9. The molecule has 0 aliphatic carbocycles. The normalized spacial score (nSPS) is 18.2. The number of rotatable bonds is 7. The summed E-state index contributed by atoms with van der Waals surface area (Å²) in [6.07, 6.45) is -0.913. The Balaban J connectivity index is 1.35. The van der Waals surface area contributed by atoms with Gasteiger partial charge in [-0.2, -0.15) is 0 Å². The van der Waals surface area contributed by atoms with Crippen LogP contribution in [0.2, 0.25) is 0 Å². The molecule has 2 fully saturated rings. The molecule has 2 aliphatic heterocycles. The Bertz CT molecular complexity index is 1180. The zero-order chi connectivity index (χ0) is 27.4. The van der Waals surface area contributed by atoms with E-state index in [-0.39, 0.29) is 62.3 Å². The molecule has 0 saturated carbocycles. The summed E-state index contributed by atoms with van der Waals surface area (Å²) in [4.78, 5) is 52.3. The molecule has 2 aromatic rings. The average Bonchev–Trinajstić information content (AvgIpc) is 3.57. The molecule has 0 radical (unpaired) electrons. The van der Waals surface area contributed by atoms with Gasteiger partial charge in [0.05, 0.1) is 32.1 Å². The monoisotopic (exact) mass is 536 g/mol. The van der Waals surface area contributed by atoms with Crippen molar-refractivity contribution < 1.29 is 42.0 Å². The average molecular weight is 536 g/mol. The maximum Gasteiger partial charge on any atom is 0.414 e. The van der Waals surface area contributed by atoms with Gasteiger partial charge in [0.25, 0.3) is 5.91 Å². The molecule has 2 saturated heterocycles. The number of carbonyl (C=O) groups excluding carboxylic acids is 4. The molecule has 38 heavy (non-hydrogen) atoms. The molecule has 204 valence electrons. The summed E-state index contributed by atoms with van der Waals surface area (Å²) in [6.45, 7) is 2.13. The van der Waals surface area contributed by atoms with Gasteiger partial charge in [0.2, 0.25) is 11.7 Å². The Morgan fingerprint density at radius 1 is 1.18 bits per heavy atom. The molecule has 3 heterocycles. The van der Waals surface area contributed by atoms with Gasteiger partial charge < -0.3 is 34.4 Å². The highest BCUT2D eigenvalue weighted by molar-refractivity contribution is 5.95. The minimum absolute atomic E-state index is 0.0208. The molecule has 2 unspecified atom stereocenters. The topological polar surface area (TPSA) is 147 Å². The second-order valence-corrected chi connectivity index (χ2v) is 8.63. The number of benzene rings is 1. The van der Waals surface area contributed by atoms with E-state index in [0.29, 0.717) is 0 Å². The van der Waals surface area contributed by atoms with Gasteiger partial charge >= 0.3 is 12.2 Å². The van der Waals surface area contributed by atoms with E-state index >= 15 is 8.78 Å². The Morgan fingerprint density at radius 3 is 2.47 bits per heavy atom. The van der Waals surface area contributed by atoms with Crippen molar-refractivity contribution in [2.24, 2.45) is 0 Å². The van der Waals surface area contributed by atoms with Crippen molar-refractivity contribution in [2.75, 3.05) is 56.2 Å². The van der Waals surface area contributed by atoms with E-state index in [1.54, 1.807) is 0 Å². The first-order valence-electron chi connectivity index (χ1n) is 11.7. The largest absolute Gasteiger partial charge is 0.453 e. The van der Waals surface area contributed by atoms with Gasteiger partial charge in [0, 0.05) is 44.4 Å². The number of ether oxygens (including phenoxy) is 2. The number of amides is 4. The molecule has 2 N–H and O–H groups in total. The highest BCUT2D eigenvalue weighted by atomic mass is 19.1. The van der Waals surface area contributed by atoms with E-state index in [1.807, 2.05) is 0 Å². The summed E-state index contributed by atoms with van der Waals surface area (Å²) in [7, 11) is 1.19. The Morgan fingerprint density at radius 2 is 1.87 bits per heavy atom. The van der Waals surface area contributed by atoms with E-state index in [0.717, 1.165) is 17.0 Å². The molecule has 2 aliphatic rings. The van der Waals surface area contributed by atoms with Crippen LogP contribution >= 0.6 is 0 Å². The summed E-state index contributed by atoms with van der Waals surface area (Å²) in [5.41, 5.74) is -0.302. The number of halogens is 2. The van der Waals surface area contributed by atoms with Crippen molar-refractivity contribution in [3.8, 4) is 0 Å². The van der Waals surface area contributed by atoms with Crippen molar-refractivity contribution in [1.82, 2.24) is 20.7 Å². The van der Waals surface area contributed by atoms with Crippen LogP contribution in [0.4, 0.5) is 29.7 Å². The van der Waals surface area contributed by atoms with Crippen molar-refractivity contribution in [3.05, 3.63) is 41.8 Å². The molecule has 0 spiro atoms. The first-order valence-corrected chi connectivity index (χ1v) is 11.7. The second-order valence-electron chi connectivity index (χ2n) is 8.63. The number of methoxy groups -OCH3 is 1. The number of hydrogen-bond donors (Lipinski definition) is 2. The molecule has 4 amide bonds. The number of carbonyl (C=O) groups is 4. The smallest absolute Gasteiger partial charge is 0.414 e. The van der Waals surface area contributed by atoms with Gasteiger partial charge in [-0.15, -0.1) is 0 Å². The maximum atomic E-state index is 15.1. The number of nitrogens with one attached hydrogen (secondary N) is 2. The molecule has 1 aromatic carbocycles. The summed E-state index contributed by atoms with van der Waals surface area (Å²) in [6, 6.07) is 2.59. The van der Waals surface area contributed by atoms with Crippen molar-refractivity contribution in [1.29, 1.82) is 0 Å². The zero-order valence-corrected chi connectivity index (χ0v) is 20.6. The molecule has 1 aromatic heterocycles. The first kappa shape index (κ1) is 26.6. The van der Waals surface area contributed by atoms with Gasteiger partial charge in [-0.3, -0.25) is 14.5 Å². The lowest BCUT2D eigenvalue weighted by molar-refractivity contribution is -0.133. The molecule has 0 bridgehead atoms. The van der Waals surface area contributed by atoms with Crippen LogP contribution in [0.3, 0.4) is 0 Å². The lowest BCUT2D eigenvalue weighted by atomic mass is 10.1. The standard InChI is InChI=1S/C23H26F2N6O7/c1-13(28-20(32)18-3-4-27-38-18)21(33)30-7-5-29(6-8-30)19-16(24)9-14(10-17(19)25)31-12-15(37-23(31)35)11-26-22(34)36-2/h3-4,9-10,13,15H,5-8,11-12H2,1-2H3,(H,26,34)(H,28,32). The summed E-state index contributed by atoms with van der Waals surface area (Å²) in [5.74, 6) is -2.72. The van der Waals surface area contributed by atoms with Crippen LogP contribution in [-0.2, 0) is 14.3 Å². The number of piperazine rings is 1. The fraction of sp³-hybridized carbons (Fsp3) is 0.435. The minimum atomic E-state index is -0.878. The van der Waals surface area contributed by atoms with Crippen molar-refractivity contribution in [2.45, 2.75) is 19.1 Å². The molecular weight excluding hydrogens is 510 g/mol. The molecule has 15 heteroatoms. The summed E-state index contributed by atoms with van der Waals surface area (Å²) in [5, 5.41) is 8.38. The van der Waals surface area contributed by atoms with E-state index in [1.165, 1.54) is 36.1 Å². The van der Waals surface area contributed by atoms with E-state index in [9.17, 15) is 19.2 Å². The summed E-state index contributed by atoms with van der Waals surface area (Å²) < 4.78 is 44.5. The van der Waals surface area contributed by atoms with Crippen LogP contribution in [0.1, 0.15) is 17.5 Å². The second kappa shape index (κ2) is 11.3. The zero-order valence-electron chi connectivity index (χ0n) is 20.6. The van der Waals surface area contributed by atoms with Crippen molar-refractivity contribution in [3.63, 3.8) is 0 Å². The summed E-state index contributed by atoms with van der Waals surface area (Å²) >= 11 is 0. The van der Waals surface area contributed by atoms with Gasteiger partial charge in [-0.25, -0.2) is 18.4 Å². The lowest BCUT2D eigenvalue weighted by Gasteiger charge is -2.37. The third-order valence-electron chi connectivity index (χ3n) is 6.13. The maximum absolute atomic E-state index is 15.1. The van der Waals surface area contributed by atoms with E-state index < -0.39 is 41.9 Å². The Kier molecular flexibility index (Phi) is 7.93. The first-order chi connectivity index (χ1) is 18.2. The third-order valence-corrected chi connectivity index (χ3v) is 6.13. The van der Waals surface area contributed by atoms with Crippen LogP contribution in [-0.4, -0.2) is 92.6 Å². The third kappa shape index (κ3) is 5.76. The highest BCUT2D eigenvalue weighted by Gasteiger charge is 2.34. The SMILES string of the molecule is COC(=O)NCC1CN(c2cc(F)c(N3CCN(C(=O)C(C)NC(=O)c4ccno4)CC3)c(F)c2)C(=O)O1. The van der Waals surface area contributed by atoms with Gasteiger partial charge in [0.1, 0.15) is 17.8 Å². The Labute approximate surface area is 215 Å². The molecule has 4 rings (SSSR count). The predicted molar refractivity (Wildman–Crippen MR) is 127 cm³/mol. The van der Waals surface area contributed by atoms with Crippen LogP contribution in [0.25, 0.3) is 0 Å². The highest BCUT2D eigenvalue weighted by Crippen LogP contribution is 2.31. The molecule has 13 nitrogen and oxygen atoms in total. The number of aromatic nitrogens is 1. The number of alkyl carbamates (subject to hydrolysis) is 1. The molecule has 2 atom stereocenters. The number of anilines is 2. The number of nitrogens with zero attached hydrogens (tertiary/aromatic N) is 4. The minimum Gasteiger partial charge on any atom is -0.453 e. The van der Waals surface area contributed by atoms with Crippen LogP contribution in [0, 0.1) is 11.6 Å². The van der Waals surface area contributed by atoms with Gasteiger partial charge in [0.15, 0.2) is 11.6 Å². The molecular formula is C23H26F2N6O7. The lowest BCUT2D eigenvalue weighted by Crippen LogP contribution is -2.54. The van der Waals surface area contributed by atoms with Crippen LogP contribution in [0.15, 0.2) is 28.9 Å². The number of cyclic esters (lactones) is 1. The fourth-order valence-corrected chi connectivity index (χ4v) is 4.20.